The molecule has 3 N–H and O–H groups in total. The molecule has 0 radical (unpaired) electrons. The zero-order valence-corrected chi connectivity index (χ0v) is 11.5. The molecule has 0 aromatic rings. The molecule has 1 aliphatic carbocycles. The van der Waals surface area contributed by atoms with E-state index in [1.165, 1.54) is 51.7 Å². The number of hydrogen-bond donors (Lipinski definition) is 2. The Hall–Kier alpha value is -0.610. The number of nitrogens with zero attached hydrogens (tertiary/aromatic N) is 2. The van der Waals surface area contributed by atoms with E-state index in [0.29, 0.717) is 11.3 Å². The van der Waals surface area contributed by atoms with Gasteiger partial charge in [-0.1, -0.05) is 0 Å². The van der Waals surface area contributed by atoms with Crippen molar-refractivity contribution in [3.8, 4) is 0 Å². The van der Waals surface area contributed by atoms with Gasteiger partial charge < -0.3 is 10.6 Å². The SMILES string of the molecule is CN1C2CCC1CN(CC1(CC(=N)N)CC1)CC2. The van der Waals surface area contributed by atoms with Gasteiger partial charge in [0, 0.05) is 31.6 Å². The first-order valence-electron chi connectivity index (χ1n) is 7.35. The summed E-state index contributed by atoms with van der Waals surface area (Å²) in [7, 11) is 2.30. The van der Waals surface area contributed by atoms with Crippen molar-refractivity contribution in [2.45, 2.75) is 50.6 Å². The van der Waals surface area contributed by atoms with Crippen LogP contribution in [0.1, 0.15) is 38.5 Å². The molecule has 18 heavy (non-hydrogen) atoms. The minimum atomic E-state index is 0.369. The predicted octanol–water partition coefficient (Wildman–Crippen LogP) is 1.26. The van der Waals surface area contributed by atoms with Gasteiger partial charge >= 0.3 is 0 Å². The maximum Gasteiger partial charge on any atom is 0.0911 e. The molecule has 2 bridgehead atoms. The Morgan fingerprint density at radius 1 is 1.28 bits per heavy atom. The second kappa shape index (κ2) is 4.49. The van der Waals surface area contributed by atoms with Gasteiger partial charge in [-0.3, -0.25) is 10.3 Å². The molecule has 3 fully saturated rings. The number of likely N-dealkylation sites (tertiary alicyclic amines) is 1. The Bertz CT molecular complexity index is 337. The monoisotopic (exact) mass is 250 g/mol. The van der Waals surface area contributed by atoms with E-state index in [0.717, 1.165) is 18.5 Å². The molecule has 2 heterocycles. The lowest BCUT2D eigenvalue weighted by Crippen LogP contribution is -2.39. The maximum absolute atomic E-state index is 7.52. The molecule has 3 rings (SSSR count). The van der Waals surface area contributed by atoms with Crippen LogP contribution in [0.2, 0.25) is 0 Å². The van der Waals surface area contributed by atoms with Crippen LogP contribution < -0.4 is 5.73 Å². The van der Waals surface area contributed by atoms with Gasteiger partial charge in [-0.05, 0) is 51.1 Å². The van der Waals surface area contributed by atoms with Crippen LogP contribution in [0.25, 0.3) is 0 Å². The summed E-state index contributed by atoms with van der Waals surface area (Å²) in [5.41, 5.74) is 5.96. The smallest absolute Gasteiger partial charge is 0.0911 e. The molecule has 2 unspecified atom stereocenters. The van der Waals surface area contributed by atoms with Gasteiger partial charge in [0.15, 0.2) is 0 Å². The third-order valence-corrected chi connectivity index (χ3v) is 5.31. The molecule has 102 valence electrons. The number of amidine groups is 1. The maximum atomic E-state index is 7.52. The van der Waals surface area contributed by atoms with E-state index >= 15 is 0 Å². The fourth-order valence-electron chi connectivity index (χ4n) is 3.97. The molecule has 0 aromatic carbocycles. The van der Waals surface area contributed by atoms with Gasteiger partial charge in [0.05, 0.1) is 5.84 Å². The van der Waals surface area contributed by atoms with Crippen molar-refractivity contribution in [3.63, 3.8) is 0 Å². The van der Waals surface area contributed by atoms with Gasteiger partial charge in [0.25, 0.3) is 0 Å². The highest BCUT2D eigenvalue weighted by Gasteiger charge is 2.45. The van der Waals surface area contributed by atoms with Gasteiger partial charge in [-0.15, -0.1) is 0 Å². The Morgan fingerprint density at radius 2 is 2.00 bits per heavy atom. The predicted molar refractivity (Wildman–Crippen MR) is 73.8 cm³/mol. The Morgan fingerprint density at radius 3 is 2.67 bits per heavy atom. The van der Waals surface area contributed by atoms with E-state index in [4.69, 9.17) is 11.1 Å². The lowest BCUT2D eigenvalue weighted by atomic mass is 9.99. The third kappa shape index (κ3) is 2.41. The summed E-state index contributed by atoms with van der Waals surface area (Å²) in [6.07, 6.45) is 7.45. The van der Waals surface area contributed by atoms with Crippen molar-refractivity contribution in [3.05, 3.63) is 0 Å². The molecule has 3 aliphatic rings. The average molecular weight is 250 g/mol. The van der Waals surface area contributed by atoms with Gasteiger partial charge in [0.1, 0.15) is 0 Å². The summed E-state index contributed by atoms with van der Waals surface area (Å²) in [5.74, 6) is 0.376. The fraction of sp³-hybridized carbons (Fsp3) is 0.929. The zero-order chi connectivity index (χ0) is 12.8. The summed E-state index contributed by atoms with van der Waals surface area (Å²) in [5, 5.41) is 7.52. The first-order chi connectivity index (χ1) is 8.58. The van der Waals surface area contributed by atoms with Gasteiger partial charge in [-0.25, -0.2) is 0 Å². The summed E-state index contributed by atoms with van der Waals surface area (Å²) >= 11 is 0. The Kier molecular flexibility index (Phi) is 3.10. The standard InChI is InChI=1S/C14H26N4/c1-17-11-2-3-12(17)9-18(7-4-11)10-14(5-6-14)8-13(15)16/h11-12H,2-10H2,1H3,(H3,15,16). The number of nitrogens with two attached hydrogens (primary N) is 1. The first kappa shape index (κ1) is 12.4. The molecule has 0 amide bonds. The molecule has 2 atom stereocenters. The van der Waals surface area contributed by atoms with Crippen molar-refractivity contribution in [1.82, 2.24) is 9.80 Å². The van der Waals surface area contributed by atoms with Crippen LogP contribution in [0.15, 0.2) is 0 Å². The number of likely N-dealkylation sites (N-methyl/N-ethyl adjacent to an activating group) is 1. The number of hydrogen-bond acceptors (Lipinski definition) is 3. The third-order valence-electron chi connectivity index (χ3n) is 5.31. The summed E-state index contributed by atoms with van der Waals surface area (Å²) in [6, 6.07) is 1.59. The van der Waals surface area contributed by atoms with E-state index < -0.39 is 0 Å². The lowest BCUT2D eigenvalue weighted by Gasteiger charge is -2.29. The van der Waals surface area contributed by atoms with Crippen LogP contribution in [-0.2, 0) is 0 Å². The molecule has 2 aliphatic heterocycles. The normalized spacial score (nSPS) is 35.4. The zero-order valence-electron chi connectivity index (χ0n) is 11.5. The number of nitrogens with one attached hydrogen (secondary N) is 1. The Labute approximate surface area is 110 Å². The Balaban J connectivity index is 1.59. The number of rotatable bonds is 4. The van der Waals surface area contributed by atoms with Crippen LogP contribution in [0.4, 0.5) is 0 Å². The van der Waals surface area contributed by atoms with Crippen molar-refractivity contribution >= 4 is 5.84 Å². The van der Waals surface area contributed by atoms with E-state index in [-0.39, 0.29) is 0 Å². The van der Waals surface area contributed by atoms with E-state index in [9.17, 15) is 0 Å². The highest BCUT2D eigenvalue weighted by atomic mass is 15.3. The number of fused-ring (bicyclic) bond motifs is 2. The van der Waals surface area contributed by atoms with Crippen LogP contribution in [-0.4, -0.2) is 54.4 Å². The van der Waals surface area contributed by atoms with Crippen LogP contribution >= 0.6 is 0 Å². The summed E-state index contributed by atoms with van der Waals surface area (Å²) in [6.45, 7) is 3.64. The van der Waals surface area contributed by atoms with Crippen LogP contribution in [0.3, 0.4) is 0 Å². The minimum Gasteiger partial charge on any atom is -0.388 e. The molecule has 1 saturated carbocycles. The largest absolute Gasteiger partial charge is 0.388 e. The highest BCUT2D eigenvalue weighted by molar-refractivity contribution is 5.78. The minimum absolute atomic E-state index is 0.369. The van der Waals surface area contributed by atoms with Crippen LogP contribution in [0.5, 0.6) is 0 Å². The van der Waals surface area contributed by atoms with Crippen molar-refractivity contribution in [2.24, 2.45) is 11.1 Å². The average Bonchev–Trinajstić information content (AvgIpc) is 2.94. The molecule has 2 saturated heterocycles. The van der Waals surface area contributed by atoms with Crippen LogP contribution in [0, 0.1) is 10.8 Å². The van der Waals surface area contributed by atoms with Crippen molar-refractivity contribution in [1.29, 1.82) is 5.41 Å². The lowest BCUT2D eigenvalue weighted by molar-refractivity contribution is 0.192. The van der Waals surface area contributed by atoms with Gasteiger partial charge in [-0.2, -0.15) is 0 Å². The second-order valence-electron chi connectivity index (χ2n) is 6.78. The van der Waals surface area contributed by atoms with E-state index in [1.54, 1.807) is 0 Å². The highest BCUT2D eigenvalue weighted by Crippen LogP contribution is 2.49. The first-order valence-corrected chi connectivity index (χ1v) is 7.35. The molecule has 0 aromatic heterocycles. The topological polar surface area (TPSA) is 56.4 Å². The molecular weight excluding hydrogens is 224 g/mol. The molecule has 4 nitrogen and oxygen atoms in total. The molecular formula is C14H26N4. The van der Waals surface area contributed by atoms with E-state index in [1.807, 2.05) is 0 Å². The summed E-state index contributed by atoms with van der Waals surface area (Å²) < 4.78 is 0. The molecule has 0 spiro atoms. The van der Waals surface area contributed by atoms with Crippen molar-refractivity contribution in [2.75, 3.05) is 26.7 Å². The fourth-order valence-corrected chi connectivity index (χ4v) is 3.97. The second-order valence-corrected chi connectivity index (χ2v) is 6.78. The molecule has 4 heteroatoms. The van der Waals surface area contributed by atoms with Crippen molar-refractivity contribution < 1.29 is 0 Å². The summed E-state index contributed by atoms with van der Waals surface area (Å²) in [4.78, 5) is 5.25. The van der Waals surface area contributed by atoms with E-state index in [2.05, 4.69) is 16.8 Å². The van der Waals surface area contributed by atoms with Gasteiger partial charge in [0.2, 0.25) is 0 Å². The quantitative estimate of drug-likeness (QED) is 0.583.